The van der Waals surface area contributed by atoms with Crippen LogP contribution in [0, 0.1) is 11.8 Å². The van der Waals surface area contributed by atoms with Crippen LogP contribution >= 0.6 is 11.6 Å². The lowest BCUT2D eigenvalue weighted by molar-refractivity contribution is -1.08. The fourth-order valence-corrected chi connectivity index (χ4v) is 10.6. The third-order valence-corrected chi connectivity index (χ3v) is 21.0. The number of nitrogens with zero attached hydrogens (tertiary/aromatic N) is 5. The fraction of sp³-hybridized carbons (Fsp3) is 0.604. The Morgan fingerprint density at radius 2 is 0.426 bits per heavy atom. The van der Waals surface area contributed by atoms with Crippen LogP contribution in [0.3, 0.4) is 0 Å². The normalized spacial score (nSPS) is 18.8. The minimum Gasteiger partial charge on any atom is -1.00 e. The van der Waals surface area contributed by atoms with Gasteiger partial charge >= 0.3 is 0 Å². The van der Waals surface area contributed by atoms with Gasteiger partial charge in [0.05, 0.1) is 67.0 Å². The zero-order chi connectivity index (χ0) is 73.4. The first-order chi connectivity index (χ1) is 46.3. The van der Waals surface area contributed by atoms with E-state index in [2.05, 4.69) is 316 Å². The molecule has 4 bridgehead atoms. The molecule has 6 fully saturated rings. The third kappa shape index (κ3) is 53.1. The molecule has 5 nitrogen and oxygen atoms in total. The fourth-order valence-electron chi connectivity index (χ4n) is 10.6. The molecule has 6 aromatic carbocycles. The van der Waals surface area contributed by atoms with Crippen LogP contribution in [0.5, 0.6) is 0 Å². The highest BCUT2D eigenvalue weighted by Gasteiger charge is 2.47. The molecule has 0 spiro atoms. The van der Waals surface area contributed by atoms with E-state index in [1.165, 1.54) is 191 Å². The first-order valence-corrected chi connectivity index (χ1v) is 39.7. The Balaban J connectivity index is -0.000000246. The number of fused-ring (bicyclic) bond motifs is 6. The molecule has 12 rings (SSSR count). The summed E-state index contributed by atoms with van der Waals surface area (Å²) in [5.41, 5.74) is 7.25. The molecule has 10 heteroatoms. The number of rotatable bonds is 16. The Bertz CT molecular complexity index is 2230. The average molecular weight is 1500 g/mol. The molecule has 582 valence electrons. The highest BCUT2D eigenvalue weighted by molar-refractivity contribution is 6.17. The molecule has 0 aliphatic carbocycles. The predicted octanol–water partition coefficient (Wildman–Crippen LogP) is 12.6. The van der Waals surface area contributed by atoms with Crippen LogP contribution in [0.4, 0.5) is 0 Å². The van der Waals surface area contributed by atoms with Gasteiger partial charge < -0.3 is 67.6 Å². The zero-order valence-electron chi connectivity index (χ0n) is 69.5. The van der Waals surface area contributed by atoms with Gasteiger partial charge in [-0.25, -0.2) is 0 Å². The van der Waals surface area contributed by atoms with Gasteiger partial charge in [-0.15, -0.1) is 11.6 Å². The monoisotopic (exact) mass is 1500 g/mol. The van der Waals surface area contributed by atoms with E-state index >= 15 is 0 Å². The molecule has 5 atom stereocenters. The molecule has 6 aliphatic rings. The molecule has 5 unspecified atom stereocenters. The third-order valence-electron chi connectivity index (χ3n) is 21.0. The van der Waals surface area contributed by atoms with Crippen LogP contribution in [0.25, 0.3) is 0 Å². The summed E-state index contributed by atoms with van der Waals surface area (Å²) in [7, 11) is 6.54. The quantitative estimate of drug-likeness (QED) is 0.0690. The highest BCUT2D eigenvalue weighted by atomic mass is 35.5. The number of hydrogen-bond acceptors (Lipinski definition) is 1. The van der Waals surface area contributed by atoms with Gasteiger partial charge in [-0.05, 0) is 129 Å². The van der Waals surface area contributed by atoms with Crippen molar-refractivity contribution in [2.45, 2.75) is 220 Å². The predicted molar refractivity (Wildman–Crippen MR) is 440 cm³/mol. The standard InChI is InChI=1S/C10H22N2.5C10H14.C8H17N2.C6H6.C5H14N.2C5H12.C2H5Cl.4ClH/c1-3-11-5-8-12(4-2,9-6-11)10-7-11;5*1-3-9(2)10-7-5-4-6-8-10;1-2-10-6-3-9(4-7-10)5-8-10;1-2-4-6-5-3-1;1-5-6(2,3)4;2*1-4-5(2)3;1-2-3;;;;/h3-10H2,1-2H3;5*4-9H,3H2,1-2H3;2-8H2,1H3;1-6H;5H2,1-4H3;2*5H,4H2,1-3H3;2H2,1H3;4*1H/q+2;;;;;;+1;;+1;;;;;;;/p-4. The van der Waals surface area contributed by atoms with Crippen molar-refractivity contribution in [1.29, 1.82) is 0 Å². The van der Waals surface area contributed by atoms with E-state index in [9.17, 15) is 0 Å². The number of alkyl halides is 1. The number of benzene rings is 6. The minimum absolute atomic E-state index is 0. The van der Waals surface area contributed by atoms with Gasteiger partial charge in [-0.1, -0.05) is 319 Å². The summed E-state index contributed by atoms with van der Waals surface area (Å²) in [6, 6.07) is 65.2. The van der Waals surface area contributed by atoms with Gasteiger partial charge in [0.15, 0.2) is 0 Å². The maximum absolute atomic E-state index is 5.00. The van der Waals surface area contributed by atoms with E-state index in [1.54, 1.807) is 0 Å². The van der Waals surface area contributed by atoms with Crippen LogP contribution < -0.4 is 49.6 Å². The first kappa shape index (κ1) is 109. The van der Waals surface area contributed by atoms with Crippen LogP contribution in [-0.2, 0) is 0 Å². The topological polar surface area (TPSA) is 3.24 Å². The van der Waals surface area contributed by atoms with Crippen molar-refractivity contribution in [3.05, 3.63) is 216 Å². The molecule has 0 aromatic heterocycles. The molecule has 6 aliphatic heterocycles. The molecule has 6 heterocycles. The van der Waals surface area contributed by atoms with Gasteiger partial charge in [-0.3, -0.25) is 4.90 Å². The Morgan fingerprint density at radius 3 is 0.535 bits per heavy atom. The molecule has 0 saturated carbocycles. The minimum atomic E-state index is 0. The maximum atomic E-state index is 5.00. The van der Waals surface area contributed by atoms with Gasteiger partial charge in [0.1, 0.15) is 39.3 Å². The second-order valence-electron chi connectivity index (χ2n) is 29.6. The van der Waals surface area contributed by atoms with E-state index in [1.807, 2.05) is 43.3 Å². The summed E-state index contributed by atoms with van der Waals surface area (Å²) < 4.78 is 5.34. The van der Waals surface area contributed by atoms with E-state index in [0.29, 0.717) is 29.6 Å². The number of quaternary nitrogens is 4. The van der Waals surface area contributed by atoms with Crippen molar-refractivity contribution in [3.63, 3.8) is 0 Å². The molecular weight excluding hydrogens is 1340 g/mol. The smallest absolute Gasteiger partial charge is 0.129 e. The Labute approximate surface area is 658 Å². The number of likely N-dealkylation sites (N-methyl/N-ethyl adjacent to an activating group) is 3. The van der Waals surface area contributed by atoms with Crippen molar-refractivity contribution in [2.24, 2.45) is 11.8 Å². The average Bonchev–Trinajstić information content (AvgIpc) is 0.776. The number of piperazine rings is 6. The van der Waals surface area contributed by atoms with Gasteiger partial charge in [0.25, 0.3) is 0 Å². The molecule has 0 radical (unpaired) electrons. The molecule has 6 saturated heterocycles. The highest BCUT2D eigenvalue weighted by Crippen LogP contribution is 2.26. The van der Waals surface area contributed by atoms with E-state index in [0.717, 1.165) is 22.2 Å². The lowest BCUT2D eigenvalue weighted by Gasteiger charge is -2.55. The molecule has 6 aromatic rings. The van der Waals surface area contributed by atoms with E-state index < -0.39 is 0 Å². The molecule has 0 amide bonds. The SMILES string of the molecule is CCC(C)C.CCC(C)C.CCC(C)c1ccccc1.CCC(C)c1ccccc1.CCC(C)c1ccccc1.CCC(C)c1ccccc1.CCC(C)c1ccccc1.CCCl.CC[N+](C)(C)C.CC[N+]12CCN(CC1)CC2.CC[N+]12CC[N+](CC)(CC1)CC2.[Cl-].[Cl-].[Cl-].[Cl-].c1ccccc1. The van der Waals surface area contributed by atoms with Crippen molar-refractivity contribution < 1.29 is 67.6 Å². The maximum Gasteiger partial charge on any atom is 0.129 e. The summed E-state index contributed by atoms with van der Waals surface area (Å²) in [4.78, 5) is 2.59. The first-order valence-electron chi connectivity index (χ1n) is 39.2. The van der Waals surface area contributed by atoms with Gasteiger partial charge in [0.2, 0.25) is 0 Å². The second kappa shape index (κ2) is 67.2. The van der Waals surface area contributed by atoms with Crippen LogP contribution in [-0.4, -0.2) is 155 Å². The summed E-state index contributed by atoms with van der Waals surface area (Å²) in [6.45, 7) is 69.1. The number of hydrogen-bond donors (Lipinski definition) is 0. The molecule has 101 heavy (non-hydrogen) atoms. The second-order valence-corrected chi connectivity index (χ2v) is 30.1. The molecular formula is C91H158Cl5N5. The lowest BCUT2D eigenvalue weighted by Crippen LogP contribution is -3.00. The Kier molecular flexibility index (Phi) is 72.2. The van der Waals surface area contributed by atoms with Crippen LogP contribution in [0.15, 0.2) is 188 Å². The van der Waals surface area contributed by atoms with Crippen molar-refractivity contribution in [3.8, 4) is 0 Å². The lowest BCUT2D eigenvalue weighted by atomic mass is 9.99. The summed E-state index contributed by atoms with van der Waals surface area (Å²) in [5, 5.41) is 0. The van der Waals surface area contributed by atoms with E-state index in [-0.39, 0.29) is 49.6 Å². The zero-order valence-corrected chi connectivity index (χ0v) is 73.3. The van der Waals surface area contributed by atoms with Crippen molar-refractivity contribution in [2.75, 3.05) is 132 Å². The molecule has 0 N–H and O–H groups in total. The van der Waals surface area contributed by atoms with Crippen molar-refractivity contribution in [1.82, 2.24) is 4.90 Å². The Morgan fingerprint density at radius 1 is 0.287 bits per heavy atom. The van der Waals surface area contributed by atoms with Gasteiger partial charge in [-0.2, -0.15) is 0 Å². The summed E-state index contributed by atoms with van der Waals surface area (Å²) in [6.07, 6.45) is 8.74. The summed E-state index contributed by atoms with van der Waals surface area (Å²) >= 11 is 5.00. The Hall–Kier alpha value is -3.43. The largest absolute Gasteiger partial charge is 1.00 e. The van der Waals surface area contributed by atoms with E-state index in [4.69, 9.17) is 11.6 Å². The van der Waals surface area contributed by atoms with Gasteiger partial charge in [0, 0.05) is 25.5 Å². The van der Waals surface area contributed by atoms with Crippen LogP contribution in [0.1, 0.15) is 248 Å². The number of halogens is 5. The van der Waals surface area contributed by atoms with Crippen LogP contribution in [0.2, 0.25) is 0 Å². The van der Waals surface area contributed by atoms with Crippen molar-refractivity contribution >= 4 is 11.6 Å². The summed E-state index contributed by atoms with van der Waals surface area (Å²) in [5.74, 6) is 6.04.